The molecule has 12 heavy (non-hydrogen) atoms. The Kier molecular flexibility index (Phi) is 3.31. The number of aliphatic hydroxyl groups excluding tert-OH is 1. The van der Waals surface area contributed by atoms with E-state index in [9.17, 15) is 0 Å². The van der Waals surface area contributed by atoms with Crippen molar-refractivity contribution in [2.24, 2.45) is 0 Å². The zero-order chi connectivity index (χ0) is 8.97. The van der Waals surface area contributed by atoms with Crippen LogP contribution in [0.5, 0.6) is 0 Å². The van der Waals surface area contributed by atoms with E-state index in [0.29, 0.717) is 13.1 Å². The summed E-state index contributed by atoms with van der Waals surface area (Å²) in [7, 11) is 0. The second kappa shape index (κ2) is 4.28. The second-order valence-corrected chi connectivity index (χ2v) is 3.01. The molecule has 0 bridgehead atoms. The molecule has 0 saturated carbocycles. The van der Waals surface area contributed by atoms with Gasteiger partial charge in [-0.15, -0.1) is 0 Å². The number of aliphatic hydroxyl groups is 1. The van der Waals surface area contributed by atoms with Crippen LogP contribution in [0.2, 0.25) is 0 Å². The highest BCUT2D eigenvalue weighted by molar-refractivity contribution is 5.13. The number of hydrogen-bond donors (Lipinski definition) is 2. The fourth-order valence-corrected chi connectivity index (χ4v) is 0.980. The molecule has 0 spiro atoms. The molecule has 1 aromatic rings. The van der Waals surface area contributed by atoms with E-state index in [0.717, 1.165) is 11.3 Å². The van der Waals surface area contributed by atoms with Crippen LogP contribution in [0.25, 0.3) is 0 Å². The maximum absolute atomic E-state index is 8.96. The minimum Gasteiger partial charge on any atom is -0.468 e. The second-order valence-electron chi connectivity index (χ2n) is 3.01. The molecule has 1 rings (SSSR count). The van der Waals surface area contributed by atoms with Crippen LogP contribution < -0.4 is 5.32 Å². The van der Waals surface area contributed by atoms with Gasteiger partial charge < -0.3 is 14.8 Å². The SMILES string of the molecule is Cc1ccoc1CNC[C@@H](C)O. The molecule has 0 aliphatic heterocycles. The predicted octanol–water partition coefficient (Wildman–Crippen LogP) is 1.06. The predicted molar refractivity (Wildman–Crippen MR) is 46.8 cm³/mol. The number of hydrogen-bond acceptors (Lipinski definition) is 3. The van der Waals surface area contributed by atoms with Gasteiger partial charge in [-0.25, -0.2) is 0 Å². The first-order chi connectivity index (χ1) is 5.70. The summed E-state index contributed by atoms with van der Waals surface area (Å²) >= 11 is 0. The molecule has 3 nitrogen and oxygen atoms in total. The number of aryl methyl sites for hydroxylation is 1. The van der Waals surface area contributed by atoms with E-state index in [1.807, 2.05) is 13.0 Å². The average molecular weight is 169 g/mol. The maximum Gasteiger partial charge on any atom is 0.120 e. The van der Waals surface area contributed by atoms with Gasteiger partial charge in [-0.3, -0.25) is 0 Å². The smallest absolute Gasteiger partial charge is 0.120 e. The molecule has 1 aromatic heterocycles. The molecule has 0 saturated heterocycles. The maximum atomic E-state index is 8.96. The van der Waals surface area contributed by atoms with Gasteiger partial charge in [-0.1, -0.05) is 0 Å². The van der Waals surface area contributed by atoms with Crippen molar-refractivity contribution in [3.8, 4) is 0 Å². The molecule has 0 aliphatic rings. The Morgan fingerprint density at radius 3 is 2.92 bits per heavy atom. The van der Waals surface area contributed by atoms with E-state index in [1.54, 1.807) is 13.2 Å². The molecular weight excluding hydrogens is 154 g/mol. The van der Waals surface area contributed by atoms with Gasteiger partial charge in [0.25, 0.3) is 0 Å². The third-order valence-corrected chi connectivity index (χ3v) is 1.69. The Bertz CT molecular complexity index is 230. The van der Waals surface area contributed by atoms with Crippen LogP contribution in [0.4, 0.5) is 0 Å². The van der Waals surface area contributed by atoms with E-state index in [-0.39, 0.29) is 6.10 Å². The molecule has 0 aromatic carbocycles. The molecule has 2 N–H and O–H groups in total. The Balaban J connectivity index is 2.29. The van der Waals surface area contributed by atoms with Crippen molar-refractivity contribution in [3.63, 3.8) is 0 Å². The average Bonchev–Trinajstić information content (AvgIpc) is 2.36. The largest absolute Gasteiger partial charge is 0.468 e. The van der Waals surface area contributed by atoms with Gasteiger partial charge in [0.2, 0.25) is 0 Å². The molecule has 1 atom stereocenters. The molecule has 68 valence electrons. The monoisotopic (exact) mass is 169 g/mol. The molecule has 0 aliphatic carbocycles. The summed E-state index contributed by atoms with van der Waals surface area (Å²) in [5.41, 5.74) is 1.15. The highest BCUT2D eigenvalue weighted by atomic mass is 16.3. The Morgan fingerprint density at radius 1 is 1.67 bits per heavy atom. The minimum atomic E-state index is -0.305. The molecule has 0 radical (unpaired) electrons. The van der Waals surface area contributed by atoms with Crippen LogP contribution in [0.15, 0.2) is 16.7 Å². The van der Waals surface area contributed by atoms with Crippen molar-refractivity contribution < 1.29 is 9.52 Å². The fraction of sp³-hybridized carbons (Fsp3) is 0.556. The summed E-state index contributed by atoms with van der Waals surface area (Å²) < 4.78 is 5.20. The summed E-state index contributed by atoms with van der Waals surface area (Å²) in [5, 5.41) is 12.0. The van der Waals surface area contributed by atoms with Crippen molar-refractivity contribution in [2.45, 2.75) is 26.5 Å². The Hall–Kier alpha value is -0.800. The summed E-state index contributed by atoms with van der Waals surface area (Å²) in [6.07, 6.45) is 1.37. The zero-order valence-corrected chi connectivity index (χ0v) is 7.50. The molecule has 3 heteroatoms. The number of furan rings is 1. The van der Waals surface area contributed by atoms with E-state index in [1.165, 1.54) is 0 Å². The number of nitrogens with one attached hydrogen (secondary N) is 1. The van der Waals surface area contributed by atoms with Crippen LogP contribution in [0.1, 0.15) is 18.2 Å². The van der Waals surface area contributed by atoms with Crippen LogP contribution in [0, 0.1) is 6.92 Å². The van der Waals surface area contributed by atoms with Gasteiger partial charge in [-0.2, -0.15) is 0 Å². The lowest BCUT2D eigenvalue weighted by molar-refractivity contribution is 0.190. The van der Waals surface area contributed by atoms with Crippen LogP contribution >= 0.6 is 0 Å². The van der Waals surface area contributed by atoms with E-state index < -0.39 is 0 Å². The van der Waals surface area contributed by atoms with E-state index in [2.05, 4.69) is 5.32 Å². The minimum absolute atomic E-state index is 0.305. The normalized spacial score (nSPS) is 13.2. The van der Waals surface area contributed by atoms with Gasteiger partial charge >= 0.3 is 0 Å². The van der Waals surface area contributed by atoms with Crippen molar-refractivity contribution in [2.75, 3.05) is 6.54 Å². The van der Waals surface area contributed by atoms with Crippen molar-refractivity contribution in [1.29, 1.82) is 0 Å². The van der Waals surface area contributed by atoms with E-state index in [4.69, 9.17) is 9.52 Å². The van der Waals surface area contributed by atoms with Gasteiger partial charge in [0.1, 0.15) is 5.76 Å². The summed E-state index contributed by atoms with van der Waals surface area (Å²) in [6.45, 7) is 5.04. The lowest BCUT2D eigenvalue weighted by atomic mass is 10.3. The summed E-state index contributed by atoms with van der Waals surface area (Å²) in [4.78, 5) is 0. The molecule has 1 heterocycles. The van der Waals surface area contributed by atoms with Crippen LogP contribution in [0.3, 0.4) is 0 Å². The third-order valence-electron chi connectivity index (χ3n) is 1.69. The molecule has 0 fully saturated rings. The summed E-state index contributed by atoms with van der Waals surface area (Å²) in [6, 6.07) is 1.93. The lowest BCUT2D eigenvalue weighted by Crippen LogP contribution is -2.23. The zero-order valence-electron chi connectivity index (χ0n) is 7.50. The highest BCUT2D eigenvalue weighted by Gasteiger charge is 2.01. The number of rotatable bonds is 4. The third kappa shape index (κ3) is 2.68. The Labute approximate surface area is 72.4 Å². The fourth-order valence-electron chi connectivity index (χ4n) is 0.980. The molecule has 0 amide bonds. The van der Waals surface area contributed by atoms with Crippen molar-refractivity contribution >= 4 is 0 Å². The quantitative estimate of drug-likeness (QED) is 0.708. The first-order valence-electron chi connectivity index (χ1n) is 4.12. The van der Waals surface area contributed by atoms with Gasteiger partial charge in [0.05, 0.1) is 18.9 Å². The highest BCUT2D eigenvalue weighted by Crippen LogP contribution is 2.07. The van der Waals surface area contributed by atoms with Crippen LogP contribution in [-0.4, -0.2) is 17.8 Å². The molecular formula is C9H15NO2. The standard InChI is InChI=1S/C9H15NO2/c1-7-3-4-12-9(7)6-10-5-8(2)11/h3-4,8,10-11H,5-6H2,1-2H3/t8-/m1/s1. The Morgan fingerprint density at radius 2 is 2.42 bits per heavy atom. The first-order valence-corrected chi connectivity index (χ1v) is 4.12. The topological polar surface area (TPSA) is 45.4 Å². The van der Waals surface area contributed by atoms with Crippen molar-refractivity contribution in [3.05, 3.63) is 23.7 Å². The lowest BCUT2D eigenvalue weighted by Gasteiger charge is -2.04. The van der Waals surface area contributed by atoms with Gasteiger partial charge in [-0.05, 0) is 25.5 Å². The van der Waals surface area contributed by atoms with Crippen molar-refractivity contribution in [1.82, 2.24) is 5.32 Å². The molecule has 0 unspecified atom stereocenters. The van der Waals surface area contributed by atoms with E-state index >= 15 is 0 Å². The summed E-state index contributed by atoms with van der Waals surface area (Å²) in [5.74, 6) is 0.940. The van der Waals surface area contributed by atoms with Crippen LogP contribution in [-0.2, 0) is 6.54 Å². The van der Waals surface area contributed by atoms with Gasteiger partial charge in [0.15, 0.2) is 0 Å². The first kappa shape index (κ1) is 9.29. The van der Waals surface area contributed by atoms with Gasteiger partial charge in [0, 0.05) is 6.54 Å².